The largest absolute Gasteiger partial charge is 0.493 e. The topological polar surface area (TPSA) is 47.7 Å². The van der Waals surface area contributed by atoms with Gasteiger partial charge in [-0.2, -0.15) is 0 Å². The number of benzene rings is 3. The lowest BCUT2D eigenvalue weighted by Crippen LogP contribution is -2.35. The van der Waals surface area contributed by atoms with Crippen LogP contribution in [-0.4, -0.2) is 43.4 Å². The van der Waals surface area contributed by atoms with E-state index in [1.54, 1.807) is 7.11 Å². The fourth-order valence-corrected chi connectivity index (χ4v) is 5.27. The summed E-state index contributed by atoms with van der Waals surface area (Å²) in [5, 5.41) is 5.59. The second kappa shape index (κ2) is 12.1. The van der Waals surface area contributed by atoms with E-state index in [2.05, 4.69) is 52.5 Å². The number of hydrogen-bond donors (Lipinski definition) is 0. The number of hydrogen-bond acceptors (Lipinski definition) is 5. The van der Waals surface area contributed by atoms with Gasteiger partial charge in [0.25, 0.3) is 0 Å². The van der Waals surface area contributed by atoms with E-state index in [1.165, 1.54) is 10.9 Å². The van der Waals surface area contributed by atoms with Gasteiger partial charge < -0.3 is 18.9 Å². The molecule has 1 atom stereocenters. The summed E-state index contributed by atoms with van der Waals surface area (Å²) < 4.78 is 17.3. The van der Waals surface area contributed by atoms with Crippen LogP contribution in [0.4, 0.5) is 0 Å². The zero-order chi connectivity index (χ0) is 24.6. The number of piperidine rings is 1. The molecule has 0 amide bonds. The van der Waals surface area contributed by atoms with E-state index in [0.717, 1.165) is 74.5 Å². The first-order chi connectivity index (χ1) is 17.8. The zero-order valence-corrected chi connectivity index (χ0v) is 21.1. The van der Waals surface area contributed by atoms with Crippen LogP contribution in [0.1, 0.15) is 42.9 Å². The summed E-state index contributed by atoms with van der Waals surface area (Å²) in [6.45, 7) is 4.00. The average molecular weight is 485 g/mol. The van der Waals surface area contributed by atoms with E-state index >= 15 is 0 Å². The molecule has 3 aromatic carbocycles. The number of ether oxygens (including phenoxy) is 2. The predicted octanol–water partition coefficient (Wildman–Crippen LogP) is 6.73. The normalized spacial score (nSPS) is 15.7. The number of aryl methyl sites for hydroxylation is 1. The molecule has 1 aliphatic rings. The van der Waals surface area contributed by atoms with Crippen LogP contribution >= 0.6 is 0 Å². The minimum atomic E-state index is 0.479. The lowest BCUT2D eigenvalue weighted by Gasteiger charge is -2.32. The van der Waals surface area contributed by atoms with Crippen molar-refractivity contribution in [3.63, 3.8) is 0 Å². The predicted molar refractivity (Wildman–Crippen MR) is 144 cm³/mol. The molecule has 5 rings (SSSR count). The molecule has 5 nitrogen and oxygen atoms in total. The number of methoxy groups -OCH3 is 1. The maximum absolute atomic E-state index is 6.26. The standard InChI is InChI=1S/C31H36N2O3/c1-34-29-13-7-8-14-30(29)35-23-25(16-15-24-9-3-2-4-10-24)17-20-33-21-18-26(19-22-33)31-27-11-5-6-12-28(27)36-32-31/h2-14,25-26H,15-23H2,1H3. The number of fused-ring (bicyclic) bond motifs is 1. The molecular formula is C31H36N2O3. The lowest BCUT2D eigenvalue weighted by molar-refractivity contribution is 0.170. The maximum atomic E-state index is 6.26. The van der Waals surface area contributed by atoms with Gasteiger partial charge in [0.1, 0.15) is 0 Å². The Labute approximate surface area is 214 Å². The van der Waals surface area contributed by atoms with E-state index in [9.17, 15) is 0 Å². The van der Waals surface area contributed by atoms with E-state index in [-0.39, 0.29) is 0 Å². The van der Waals surface area contributed by atoms with Gasteiger partial charge in [-0.25, -0.2) is 0 Å². The van der Waals surface area contributed by atoms with Crippen molar-refractivity contribution in [2.45, 2.75) is 38.0 Å². The zero-order valence-electron chi connectivity index (χ0n) is 21.1. The van der Waals surface area contributed by atoms with Crippen molar-refractivity contribution in [3.8, 4) is 11.5 Å². The Hall–Kier alpha value is -3.31. The van der Waals surface area contributed by atoms with Crippen molar-refractivity contribution < 1.29 is 14.0 Å². The molecule has 0 radical (unpaired) electrons. The molecule has 1 fully saturated rings. The minimum Gasteiger partial charge on any atom is -0.493 e. The monoisotopic (exact) mass is 484 g/mol. The van der Waals surface area contributed by atoms with Gasteiger partial charge in [0.2, 0.25) is 0 Å². The Kier molecular flexibility index (Phi) is 8.19. The number of aromatic nitrogens is 1. The Bertz CT molecular complexity index is 1210. The van der Waals surface area contributed by atoms with Crippen molar-refractivity contribution in [1.29, 1.82) is 0 Å². The van der Waals surface area contributed by atoms with Gasteiger partial charge in [-0.15, -0.1) is 0 Å². The third-order valence-electron chi connectivity index (χ3n) is 7.46. The molecule has 0 aliphatic carbocycles. The Morgan fingerprint density at radius 1 is 0.889 bits per heavy atom. The summed E-state index contributed by atoms with van der Waals surface area (Å²) in [6.07, 6.45) is 5.56. The fourth-order valence-electron chi connectivity index (χ4n) is 5.27. The van der Waals surface area contributed by atoms with E-state index < -0.39 is 0 Å². The minimum absolute atomic E-state index is 0.479. The van der Waals surface area contributed by atoms with Crippen molar-refractivity contribution in [1.82, 2.24) is 10.1 Å². The Morgan fingerprint density at radius 3 is 2.42 bits per heavy atom. The molecule has 1 saturated heterocycles. The molecule has 5 heteroatoms. The highest BCUT2D eigenvalue weighted by atomic mass is 16.5. The smallest absolute Gasteiger partial charge is 0.167 e. The molecule has 0 N–H and O–H groups in total. The molecule has 1 aromatic heterocycles. The van der Waals surface area contributed by atoms with Crippen LogP contribution < -0.4 is 9.47 Å². The van der Waals surface area contributed by atoms with Gasteiger partial charge in [-0.3, -0.25) is 0 Å². The van der Waals surface area contributed by atoms with Crippen LogP contribution in [0.2, 0.25) is 0 Å². The van der Waals surface area contributed by atoms with E-state index in [0.29, 0.717) is 18.4 Å². The molecule has 4 aromatic rings. The molecular weight excluding hydrogens is 448 g/mol. The van der Waals surface area contributed by atoms with Crippen LogP contribution in [0.5, 0.6) is 11.5 Å². The van der Waals surface area contributed by atoms with Gasteiger partial charge in [0.15, 0.2) is 17.1 Å². The second-order valence-corrected chi connectivity index (χ2v) is 9.82. The first-order valence-corrected chi connectivity index (χ1v) is 13.2. The summed E-state index contributed by atoms with van der Waals surface area (Å²) in [5.74, 6) is 2.58. The Balaban J connectivity index is 1.16. The van der Waals surface area contributed by atoms with Gasteiger partial charge in [-0.05, 0) is 87.5 Å². The highest BCUT2D eigenvalue weighted by molar-refractivity contribution is 5.79. The van der Waals surface area contributed by atoms with Gasteiger partial charge in [0, 0.05) is 11.3 Å². The van der Waals surface area contributed by atoms with E-state index in [1.807, 2.05) is 36.4 Å². The van der Waals surface area contributed by atoms with Crippen molar-refractivity contribution in [3.05, 3.63) is 90.1 Å². The summed E-state index contributed by atoms with van der Waals surface area (Å²) in [6, 6.07) is 26.9. The molecule has 188 valence electrons. The molecule has 1 unspecified atom stereocenters. The van der Waals surface area contributed by atoms with Gasteiger partial charge in [0.05, 0.1) is 19.4 Å². The first-order valence-electron chi connectivity index (χ1n) is 13.2. The number of rotatable bonds is 11. The quantitative estimate of drug-likeness (QED) is 0.236. The van der Waals surface area contributed by atoms with Crippen molar-refractivity contribution in [2.75, 3.05) is 33.4 Å². The Morgan fingerprint density at radius 2 is 1.61 bits per heavy atom. The van der Waals surface area contributed by atoms with Crippen LogP contribution in [-0.2, 0) is 6.42 Å². The molecule has 0 saturated carbocycles. The van der Waals surface area contributed by atoms with Gasteiger partial charge in [-0.1, -0.05) is 59.8 Å². The molecule has 1 aliphatic heterocycles. The molecule has 0 spiro atoms. The first kappa shape index (κ1) is 24.4. The van der Waals surface area contributed by atoms with Gasteiger partial charge >= 0.3 is 0 Å². The number of para-hydroxylation sites is 3. The summed E-state index contributed by atoms with van der Waals surface area (Å²) in [5.41, 5.74) is 3.42. The van der Waals surface area contributed by atoms with Crippen LogP contribution in [0.25, 0.3) is 11.0 Å². The summed E-state index contributed by atoms with van der Waals surface area (Å²) in [7, 11) is 1.70. The maximum Gasteiger partial charge on any atom is 0.167 e. The molecule has 0 bridgehead atoms. The van der Waals surface area contributed by atoms with Crippen LogP contribution in [0.3, 0.4) is 0 Å². The van der Waals surface area contributed by atoms with Crippen molar-refractivity contribution in [2.24, 2.45) is 5.92 Å². The molecule has 2 heterocycles. The van der Waals surface area contributed by atoms with Crippen LogP contribution in [0.15, 0.2) is 83.4 Å². The van der Waals surface area contributed by atoms with E-state index in [4.69, 9.17) is 14.0 Å². The van der Waals surface area contributed by atoms with Crippen LogP contribution in [0, 0.1) is 5.92 Å². The van der Waals surface area contributed by atoms with Crippen molar-refractivity contribution >= 4 is 11.0 Å². The average Bonchev–Trinajstić information content (AvgIpc) is 3.38. The number of nitrogens with zero attached hydrogens (tertiary/aromatic N) is 2. The third kappa shape index (κ3) is 6.08. The highest BCUT2D eigenvalue weighted by Crippen LogP contribution is 2.33. The lowest BCUT2D eigenvalue weighted by atomic mass is 9.91. The SMILES string of the molecule is COc1ccccc1OCC(CCc1ccccc1)CCN1CCC(c2noc3ccccc23)CC1. The second-order valence-electron chi connectivity index (χ2n) is 9.82. The third-order valence-corrected chi connectivity index (χ3v) is 7.46. The summed E-state index contributed by atoms with van der Waals surface area (Å²) >= 11 is 0. The molecule has 36 heavy (non-hydrogen) atoms. The fraction of sp³-hybridized carbons (Fsp3) is 0.387. The summed E-state index contributed by atoms with van der Waals surface area (Å²) in [4.78, 5) is 2.61. The highest BCUT2D eigenvalue weighted by Gasteiger charge is 2.25. The number of likely N-dealkylation sites (tertiary alicyclic amines) is 1.